The van der Waals surface area contributed by atoms with Crippen LogP contribution in [-0.2, 0) is 9.53 Å². The zero-order valence-electron chi connectivity index (χ0n) is 13.4. The minimum atomic E-state index is -0.390. The van der Waals surface area contributed by atoms with Crippen LogP contribution < -0.4 is 5.32 Å². The summed E-state index contributed by atoms with van der Waals surface area (Å²) in [6, 6.07) is 7.59. The van der Waals surface area contributed by atoms with Crippen molar-refractivity contribution in [1.82, 2.24) is 19.7 Å². The number of anilines is 1. The van der Waals surface area contributed by atoms with Gasteiger partial charge >= 0.3 is 5.97 Å². The van der Waals surface area contributed by atoms with Crippen molar-refractivity contribution in [2.75, 3.05) is 11.9 Å². The molecule has 0 unspecified atom stereocenters. The predicted octanol–water partition coefficient (Wildman–Crippen LogP) is 2.61. The molecule has 4 rings (SSSR count). The second kappa shape index (κ2) is 5.52. The minimum absolute atomic E-state index is 0.320. The highest BCUT2D eigenvalue weighted by molar-refractivity contribution is 5.94. The molecule has 0 bridgehead atoms. The zero-order valence-corrected chi connectivity index (χ0v) is 13.4. The number of hydrogen-bond donors (Lipinski definition) is 2. The lowest BCUT2D eigenvalue weighted by Crippen LogP contribution is -2.29. The van der Waals surface area contributed by atoms with Gasteiger partial charge in [-0.2, -0.15) is 10.1 Å². The van der Waals surface area contributed by atoms with Crippen LogP contribution in [0.5, 0.6) is 0 Å². The third-order valence-corrected chi connectivity index (χ3v) is 4.21. The van der Waals surface area contributed by atoms with Crippen LogP contribution >= 0.6 is 0 Å². The molecular weight excluding hydrogens is 306 g/mol. The first-order valence-electron chi connectivity index (χ1n) is 7.81. The van der Waals surface area contributed by atoms with Crippen molar-refractivity contribution in [3.8, 4) is 0 Å². The third-order valence-electron chi connectivity index (χ3n) is 4.21. The molecule has 7 nitrogen and oxygen atoms in total. The smallest absolute Gasteiger partial charge is 0.338 e. The van der Waals surface area contributed by atoms with E-state index in [1.165, 1.54) is 6.33 Å². The Hall–Kier alpha value is -3.09. The molecule has 0 radical (unpaired) electrons. The Morgan fingerprint density at radius 2 is 2.21 bits per heavy atom. The molecule has 1 aromatic carbocycles. The monoisotopic (exact) mass is 323 g/mol. The number of nitrogens with zero attached hydrogens (tertiary/aromatic N) is 3. The Kier molecular flexibility index (Phi) is 3.34. The Balaban J connectivity index is 1.94. The Morgan fingerprint density at radius 3 is 3.04 bits per heavy atom. The number of allylic oxidation sites excluding steroid dienone is 1. The van der Waals surface area contributed by atoms with Crippen molar-refractivity contribution < 1.29 is 9.53 Å². The number of esters is 1. The van der Waals surface area contributed by atoms with Crippen LogP contribution in [0.1, 0.15) is 25.5 Å². The SMILES string of the molecule is CCOC(=O)C1=C(C)Nc2ncnn2[C@H]1c1c[nH]c2ccccc12. The summed E-state index contributed by atoms with van der Waals surface area (Å²) >= 11 is 0. The Morgan fingerprint density at radius 1 is 1.38 bits per heavy atom. The van der Waals surface area contributed by atoms with Crippen molar-refractivity contribution >= 4 is 22.8 Å². The van der Waals surface area contributed by atoms with E-state index in [1.54, 1.807) is 11.6 Å². The van der Waals surface area contributed by atoms with Gasteiger partial charge in [0.2, 0.25) is 5.95 Å². The first-order valence-corrected chi connectivity index (χ1v) is 7.81. The van der Waals surface area contributed by atoms with Crippen molar-refractivity contribution in [2.45, 2.75) is 19.9 Å². The molecule has 0 fully saturated rings. The number of para-hydroxylation sites is 1. The minimum Gasteiger partial charge on any atom is -0.463 e. The molecule has 0 saturated heterocycles. The van der Waals surface area contributed by atoms with Crippen LogP contribution in [-0.4, -0.2) is 32.3 Å². The quantitative estimate of drug-likeness (QED) is 0.724. The highest BCUT2D eigenvalue weighted by atomic mass is 16.5. The van der Waals surface area contributed by atoms with Gasteiger partial charge in [-0.05, 0) is 19.9 Å². The van der Waals surface area contributed by atoms with E-state index in [0.29, 0.717) is 18.1 Å². The molecular formula is C17H17N5O2. The average molecular weight is 323 g/mol. The fourth-order valence-electron chi connectivity index (χ4n) is 3.17. The molecule has 122 valence electrons. The van der Waals surface area contributed by atoms with Gasteiger partial charge in [0.15, 0.2) is 0 Å². The molecule has 3 aromatic rings. The average Bonchev–Trinajstić information content (AvgIpc) is 3.20. The van der Waals surface area contributed by atoms with E-state index in [9.17, 15) is 4.79 Å². The van der Waals surface area contributed by atoms with Crippen LogP contribution in [0.15, 0.2) is 48.1 Å². The van der Waals surface area contributed by atoms with E-state index in [1.807, 2.05) is 37.4 Å². The number of hydrogen-bond acceptors (Lipinski definition) is 5. The van der Waals surface area contributed by atoms with Crippen LogP contribution in [0.4, 0.5) is 5.95 Å². The number of aromatic amines is 1. The van der Waals surface area contributed by atoms with E-state index in [-0.39, 0.29) is 12.0 Å². The molecule has 1 atom stereocenters. The van der Waals surface area contributed by atoms with Crippen LogP contribution in [0.3, 0.4) is 0 Å². The molecule has 3 heterocycles. The maximum absolute atomic E-state index is 12.6. The fourth-order valence-corrected chi connectivity index (χ4v) is 3.17. The zero-order chi connectivity index (χ0) is 16.7. The van der Waals surface area contributed by atoms with E-state index in [0.717, 1.165) is 22.2 Å². The normalized spacial score (nSPS) is 16.8. The molecule has 1 aliphatic heterocycles. The van der Waals surface area contributed by atoms with Gasteiger partial charge in [-0.1, -0.05) is 18.2 Å². The fraction of sp³-hybridized carbons (Fsp3) is 0.235. The number of ether oxygens (including phenoxy) is 1. The summed E-state index contributed by atoms with van der Waals surface area (Å²) in [4.78, 5) is 20.1. The standard InChI is InChI=1S/C17H17N5O2/c1-3-24-16(23)14-10(2)21-17-19-9-20-22(17)15(14)12-8-18-13-7-5-4-6-11(12)13/h4-9,15,18H,3H2,1-2H3,(H,19,20,21)/t15-/m0/s1. The van der Waals surface area contributed by atoms with Crippen molar-refractivity contribution in [3.05, 3.63) is 53.6 Å². The van der Waals surface area contributed by atoms with Crippen LogP contribution in [0.2, 0.25) is 0 Å². The molecule has 24 heavy (non-hydrogen) atoms. The summed E-state index contributed by atoms with van der Waals surface area (Å²) in [5.74, 6) is 0.259. The van der Waals surface area contributed by atoms with Gasteiger partial charge in [-0.25, -0.2) is 9.48 Å². The summed E-state index contributed by atoms with van der Waals surface area (Å²) < 4.78 is 6.99. The molecule has 2 aromatic heterocycles. The third kappa shape index (κ3) is 2.09. The van der Waals surface area contributed by atoms with Crippen molar-refractivity contribution in [2.24, 2.45) is 0 Å². The van der Waals surface area contributed by atoms with Gasteiger partial charge in [0.05, 0.1) is 12.2 Å². The summed E-state index contributed by atoms with van der Waals surface area (Å²) in [6.07, 6.45) is 3.39. The molecule has 1 aliphatic rings. The van der Waals surface area contributed by atoms with E-state index < -0.39 is 0 Å². The number of nitrogens with one attached hydrogen (secondary N) is 2. The van der Waals surface area contributed by atoms with Crippen LogP contribution in [0, 0.1) is 0 Å². The van der Waals surface area contributed by atoms with Gasteiger partial charge in [0.25, 0.3) is 0 Å². The van der Waals surface area contributed by atoms with Crippen LogP contribution in [0.25, 0.3) is 10.9 Å². The Labute approximate surface area is 138 Å². The molecule has 0 amide bonds. The van der Waals surface area contributed by atoms with Gasteiger partial charge in [0, 0.05) is 28.4 Å². The number of benzene rings is 1. The molecule has 7 heteroatoms. The summed E-state index contributed by atoms with van der Waals surface area (Å²) in [6.45, 7) is 3.97. The summed E-state index contributed by atoms with van der Waals surface area (Å²) in [5, 5.41) is 8.48. The van der Waals surface area contributed by atoms with Gasteiger partial charge in [-0.15, -0.1) is 0 Å². The summed E-state index contributed by atoms with van der Waals surface area (Å²) in [5.41, 5.74) is 3.23. The molecule has 0 saturated carbocycles. The lowest BCUT2D eigenvalue weighted by Gasteiger charge is -2.27. The second-order valence-corrected chi connectivity index (χ2v) is 5.60. The largest absolute Gasteiger partial charge is 0.463 e. The molecule has 0 spiro atoms. The van der Waals surface area contributed by atoms with E-state index >= 15 is 0 Å². The number of aromatic nitrogens is 4. The number of fused-ring (bicyclic) bond motifs is 2. The first kappa shape index (κ1) is 14.5. The topological polar surface area (TPSA) is 84.8 Å². The van der Waals surface area contributed by atoms with Gasteiger partial charge < -0.3 is 15.0 Å². The van der Waals surface area contributed by atoms with E-state index in [4.69, 9.17) is 4.74 Å². The first-order chi connectivity index (χ1) is 11.7. The maximum atomic E-state index is 12.6. The molecule has 2 N–H and O–H groups in total. The lowest BCUT2D eigenvalue weighted by molar-refractivity contribution is -0.139. The van der Waals surface area contributed by atoms with Crippen molar-refractivity contribution in [1.29, 1.82) is 0 Å². The summed E-state index contributed by atoms with van der Waals surface area (Å²) in [7, 11) is 0. The predicted molar refractivity (Wildman–Crippen MR) is 89.4 cm³/mol. The number of carbonyl (C=O) groups is 1. The Bertz CT molecular complexity index is 953. The highest BCUT2D eigenvalue weighted by Gasteiger charge is 2.35. The highest BCUT2D eigenvalue weighted by Crippen LogP contribution is 2.38. The lowest BCUT2D eigenvalue weighted by atomic mass is 9.95. The maximum Gasteiger partial charge on any atom is 0.338 e. The number of H-pyrrole nitrogens is 1. The van der Waals surface area contributed by atoms with Gasteiger partial charge in [-0.3, -0.25) is 0 Å². The van der Waals surface area contributed by atoms with Crippen molar-refractivity contribution in [3.63, 3.8) is 0 Å². The van der Waals surface area contributed by atoms with E-state index in [2.05, 4.69) is 20.4 Å². The van der Waals surface area contributed by atoms with Gasteiger partial charge in [0.1, 0.15) is 12.4 Å². The second-order valence-electron chi connectivity index (χ2n) is 5.60. The number of rotatable bonds is 3. The molecule has 0 aliphatic carbocycles. The number of carbonyl (C=O) groups excluding carboxylic acids is 1.